The zero-order valence-electron chi connectivity index (χ0n) is 8.16. The van der Waals surface area contributed by atoms with E-state index in [-0.39, 0.29) is 0 Å². The van der Waals surface area contributed by atoms with Gasteiger partial charge in [0.15, 0.2) is 0 Å². The Balaban J connectivity index is 2.32. The van der Waals surface area contributed by atoms with Gasteiger partial charge in [0.25, 0.3) is 0 Å². The van der Waals surface area contributed by atoms with Crippen molar-refractivity contribution in [2.75, 3.05) is 0 Å². The van der Waals surface area contributed by atoms with Crippen LogP contribution in [0.15, 0.2) is 48.7 Å². The fraction of sp³-hybridized carbons (Fsp3) is 0.333. The van der Waals surface area contributed by atoms with Gasteiger partial charge in [-0.25, -0.2) is 0 Å². The highest BCUT2D eigenvalue weighted by atomic mass is 14.9. The highest BCUT2D eigenvalue weighted by molar-refractivity contribution is 5.19. The number of allylic oxidation sites excluding steroid dienone is 4. The lowest BCUT2D eigenvalue weighted by atomic mass is 10.1. The Morgan fingerprint density at radius 2 is 2.46 bits per heavy atom. The summed E-state index contributed by atoms with van der Waals surface area (Å²) in [6.07, 6.45) is 14.7. The molecule has 1 rings (SSSR count). The van der Waals surface area contributed by atoms with Crippen molar-refractivity contribution < 1.29 is 0 Å². The number of nitrogens with one attached hydrogen (secondary N) is 1. The van der Waals surface area contributed by atoms with E-state index in [1.54, 1.807) is 0 Å². The first-order valence-electron chi connectivity index (χ1n) is 4.78. The Hall–Kier alpha value is -1.24. The van der Waals surface area contributed by atoms with Crippen LogP contribution in [-0.2, 0) is 0 Å². The lowest BCUT2D eigenvalue weighted by molar-refractivity contribution is 0.686. The first-order valence-corrected chi connectivity index (χ1v) is 4.78. The zero-order chi connectivity index (χ0) is 9.52. The minimum Gasteiger partial charge on any atom is -0.379 e. The van der Waals surface area contributed by atoms with E-state index in [1.807, 2.05) is 6.08 Å². The summed E-state index contributed by atoms with van der Waals surface area (Å²) in [6, 6.07) is 0.416. The molecule has 0 aliphatic heterocycles. The fourth-order valence-electron chi connectivity index (χ4n) is 1.23. The Labute approximate surface area is 80.5 Å². The molecule has 1 nitrogen and oxygen atoms in total. The Kier molecular flexibility index (Phi) is 4.10. The van der Waals surface area contributed by atoms with Crippen LogP contribution in [-0.4, -0.2) is 6.04 Å². The summed E-state index contributed by atoms with van der Waals surface area (Å²) in [5, 5.41) is 3.33. The average molecular weight is 175 g/mol. The fourth-order valence-corrected chi connectivity index (χ4v) is 1.23. The van der Waals surface area contributed by atoms with E-state index in [0.717, 1.165) is 18.5 Å². The lowest BCUT2D eigenvalue weighted by Gasteiger charge is -2.16. The molecule has 0 spiro atoms. The first kappa shape index (κ1) is 9.85. The molecule has 0 saturated carbocycles. The summed E-state index contributed by atoms with van der Waals surface area (Å²) in [6.45, 7) is 6.05. The Bertz CT molecular complexity index is 246. The third kappa shape index (κ3) is 3.79. The van der Waals surface area contributed by atoms with Crippen LogP contribution in [0.2, 0.25) is 0 Å². The van der Waals surface area contributed by atoms with Crippen LogP contribution in [0.1, 0.15) is 19.8 Å². The molecule has 70 valence electrons. The average Bonchev–Trinajstić information content (AvgIpc) is 2.16. The van der Waals surface area contributed by atoms with Gasteiger partial charge in [-0.15, -0.1) is 0 Å². The molecule has 0 saturated heterocycles. The van der Waals surface area contributed by atoms with Crippen LogP contribution in [0.4, 0.5) is 0 Å². The molecule has 0 aromatic rings. The second-order valence-electron chi connectivity index (χ2n) is 3.14. The number of rotatable bonds is 4. The predicted molar refractivity (Wildman–Crippen MR) is 58.4 cm³/mol. The first-order chi connectivity index (χ1) is 6.33. The van der Waals surface area contributed by atoms with Crippen molar-refractivity contribution in [2.45, 2.75) is 25.8 Å². The molecule has 0 amide bonds. The van der Waals surface area contributed by atoms with E-state index in [4.69, 9.17) is 0 Å². The van der Waals surface area contributed by atoms with Crippen molar-refractivity contribution in [2.24, 2.45) is 0 Å². The van der Waals surface area contributed by atoms with Crippen molar-refractivity contribution in [3.63, 3.8) is 0 Å². The minimum absolute atomic E-state index is 0.416. The van der Waals surface area contributed by atoms with Crippen molar-refractivity contribution in [1.29, 1.82) is 0 Å². The summed E-state index contributed by atoms with van der Waals surface area (Å²) in [7, 11) is 0. The molecule has 0 fully saturated rings. The van der Waals surface area contributed by atoms with Gasteiger partial charge in [0, 0.05) is 11.7 Å². The molecule has 1 heteroatoms. The predicted octanol–water partition coefficient (Wildman–Crippen LogP) is 2.94. The van der Waals surface area contributed by atoms with Crippen molar-refractivity contribution in [3.8, 4) is 0 Å². The van der Waals surface area contributed by atoms with Gasteiger partial charge in [-0.3, -0.25) is 0 Å². The lowest BCUT2D eigenvalue weighted by Crippen LogP contribution is -2.25. The maximum atomic E-state index is 3.93. The normalized spacial score (nSPS) is 20.8. The van der Waals surface area contributed by atoms with Gasteiger partial charge in [0.2, 0.25) is 0 Å². The molecule has 0 aromatic carbocycles. The van der Waals surface area contributed by atoms with Gasteiger partial charge < -0.3 is 5.32 Å². The van der Waals surface area contributed by atoms with Crippen molar-refractivity contribution in [3.05, 3.63) is 48.7 Å². The SMILES string of the molecule is C=C(/C=C\CC)NC1C=CC=CC1. The van der Waals surface area contributed by atoms with E-state index < -0.39 is 0 Å². The Morgan fingerprint density at radius 1 is 1.62 bits per heavy atom. The monoisotopic (exact) mass is 175 g/mol. The zero-order valence-corrected chi connectivity index (χ0v) is 8.16. The van der Waals surface area contributed by atoms with E-state index in [1.165, 1.54) is 0 Å². The van der Waals surface area contributed by atoms with Crippen molar-refractivity contribution in [1.82, 2.24) is 5.32 Å². The molecular formula is C12H17N. The highest BCUT2D eigenvalue weighted by Gasteiger charge is 2.02. The summed E-state index contributed by atoms with van der Waals surface area (Å²) in [4.78, 5) is 0. The minimum atomic E-state index is 0.416. The number of hydrogen-bond donors (Lipinski definition) is 1. The van der Waals surface area contributed by atoms with Crippen LogP contribution in [0, 0.1) is 0 Å². The molecule has 0 aromatic heterocycles. The third-order valence-corrected chi connectivity index (χ3v) is 1.91. The van der Waals surface area contributed by atoms with Crippen LogP contribution >= 0.6 is 0 Å². The maximum Gasteiger partial charge on any atom is 0.0481 e. The van der Waals surface area contributed by atoms with Gasteiger partial charge in [-0.1, -0.05) is 43.9 Å². The van der Waals surface area contributed by atoms with Crippen LogP contribution in [0.5, 0.6) is 0 Å². The van der Waals surface area contributed by atoms with Gasteiger partial charge >= 0.3 is 0 Å². The molecular weight excluding hydrogens is 158 g/mol. The van der Waals surface area contributed by atoms with E-state index in [0.29, 0.717) is 6.04 Å². The van der Waals surface area contributed by atoms with E-state index in [2.05, 4.69) is 49.2 Å². The van der Waals surface area contributed by atoms with Gasteiger partial charge in [0.1, 0.15) is 0 Å². The quantitative estimate of drug-likeness (QED) is 0.648. The Morgan fingerprint density at radius 3 is 3.08 bits per heavy atom. The summed E-state index contributed by atoms with van der Waals surface area (Å²) < 4.78 is 0. The smallest absolute Gasteiger partial charge is 0.0481 e. The second kappa shape index (κ2) is 5.41. The molecule has 0 radical (unpaired) electrons. The molecule has 1 atom stereocenters. The van der Waals surface area contributed by atoms with Gasteiger partial charge in [-0.05, 0) is 18.9 Å². The molecule has 1 aliphatic carbocycles. The highest BCUT2D eigenvalue weighted by Crippen LogP contribution is 2.04. The van der Waals surface area contributed by atoms with Gasteiger partial charge in [0.05, 0.1) is 0 Å². The standard InChI is InChI=1S/C12H17N/c1-3-4-8-11(2)13-12-9-6-5-7-10-12/h4-9,12-13H,2-3,10H2,1H3/b8-4-. The van der Waals surface area contributed by atoms with Crippen LogP contribution < -0.4 is 5.32 Å². The molecule has 1 aliphatic rings. The van der Waals surface area contributed by atoms with Gasteiger partial charge in [-0.2, -0.15) is 0 Å². The van der Waals surface area contributed by atoms with Crippen molar-refractivity contribution >= 4 is 0 Å². The summed E-state index contributed by atoms with van der Waals surface area (Å²) in [5.74, 6) is 0. The second-order valence-corrected chi connectivity index (χ2v) is 3.14. The molecule has 1 unspecified atom stereocenters. The molecule has 0 heterocycles. The molecule has 0 bridgehead atoms. The summed E-state index contributed by atoms with van der Waals surface area (Å²) >= 11 is 0. The topological polar surface area (TPSA) is 12.0 Å². The van der Waals surface area contributed by atoms with Crippen LogP contribution in [0.3, 0.4) is 0 Å². The van der Waals surface area contributed by atoms with E-state index >= 15 is 0 Å². The maximum absolute atomic E-state index is 3.93. The summed E-state index contributed by atoms with van der Waals surface area (Å²) in [5.41, 5.74) is 0.992. The van der Waals surface area contributed by atoms with Crippen LogP contribution in [0.25, 0.3) is 0 Å². The molecule has 1 N–H and O–H groups in total. The third-order valence-electron chi connectivity index (χ3n) is 1.91. The van der Waals surface area contributed by atoms with E-state index in [9.17, 15) is 0 Å². The molecule has 13 heavy (non-hydrogen) atoms. The number of hydrogen-bond acceptors (Lipinski definition) is 1. The largest absolute Gasteiger partial charge is 0.379 e.